The minimum absolute atomic E-state index is 0.0370. The predicted molar refractivity (Wildman–Crippen MR) is 79.9 cm³/mol. The fraction of sp³-hybridized carbons (Fsp3) is 0.267. The molecule has 2 atom stereocenters. The summed E-state index contributed by atoms with van der Waals surface area (Å²) in [4.78, 5) is 20.8. The van der Waals surface area contributed by atoms with Crippen LogP contribution in [0.25, 0.3) is 5.82 Å². The van der Waals surface area contributed by atoms with E-state index in [1.54, 1.807) is 18.5 Å². The minimum Gasteiger partial charge on any atom is -0.324 e. The summed E-state index contributed by atoms with van der Waals surface area (Å²) in [6, 6.07) is 3.59. The molecule has 0 fully saturated rings. The SMILES string of the molecule is Cc1nccn1-c1ncccc1NC(=O)C1C=CC(N)C1. The molecule has 6 heteroatoms. The van der Waals surface area contributed by atoms with E-state index in [1.165, 1.54) is 0 Å². The van der Waals surface area contributed by atoms with Crippen LogP contribution in [0.1, 0.15) is 12.2 Å². The first-order chi connectivity index (χ1) is 10.1. The summed E-state index contributed by atoms with van der Waals surface area (Å²) in [6.45, 7) is 1.89. The van der Waals surface area contributed by atoms with Crippen LogP contribution >= 0.6 is 0 Å². The maximum atomic E-state index is 12.3. The number of carbonyl (C=O) groups excluding carboxylic acids is 1. The molecule has 1 amide bonds. The first-order valence-corrected chi connectivity index (χ1v) is 6.85. The number of imidazole rings is 1. The Bertz CT molecular complexity index is 691. The summed E-state index contributed by atoms with van der Waals surface area (Å²) < 4.78 is 1.84. The van der Waals surface area contributed by atoms with E-state index in [0.717, 1.165) is 5.82 Å². The monoisotopic (exact) mass is 283 g/mol. The van der Waals surface area contributed by atoms with Crippen LogP contribution in [-0.2, 0) is 4.79 Å². The summed E-state index contributed by atoms with van der Waals surface area (Å²) >= 11 is 0. The van der Waals surface area contributed by atoms with E-state index in [1.807, 2.05) is 35.9 Å². The second-order valence-electron chi connectivity index (χ2n) is 5.10. The van der Waals surface area contributed by atoms with Crippen LogP contribution in [-0.4, -0.2) is 26.5 Å². The van der Waals surface area contributed by atoms with Crippen LogP contribution < -0.4 is 11.1 Å². The second-order valence-corrected chi connectivity index (χ2v) is 5.10. The van der Waals surface area contributed by atoms with E-state index in [-0.39, 0.29) is 17.9 Å². The molecule has 0 bridgehead atoms. The van der Waals surface area contributed by atoms with E-state index in [4.69, 9.17) is 5.73 Å². The van der Waals surface area contributed by atoms with Crippen LogP contribution in [0.15, 0.2) is 42.9 Å². The number of nitrogens with zero attached hydrogens (tertiary/aromatic N) is 3. The summed E-state index contributed by atoms with van der Waals surface area (Å²) in [5.74, 6) is 1.22. The average molecular weight is 283 g/mol. The topological polar surface area (TPSA) is 85.8 Å². The Morgan fingerprint density at radius 3 is 2.90 bits per heavy atom. The zero-order valence-corrected chi connectivity index (χ0v) is 11.7. The summed E-state index contributed by atoms with van der Waals surface area (Å²) in [7, 11) is 0. The maximum absolute atomic E-state index is 12.3. The lowest BCUT2D eigenvalue weighted by Gasteiger charge is -2.14. The van der Waals surface area contributed by atoms with Gasteiger partial charge in [0.15, 0.2) is 5.82 Å². The number of carbonyl (C=O) groups is 1. The molecule has 2 aromatic heterocycles. The van der Waals surface area contributed by atoms with Crippen molar-refractivity contribution in [3.63, 3.8) is 0 Å². The largest absolute Gasteiger partial charge is 0.324 e. The van der Waals surface area contributed by atoms with Gasteiger partial charge in [0, 0.05) is 24.6 Å². The molecule has 1 aliphatic rings. The lowest BCUT2D eigenvalue weighted by atomic mass is 10.1. The standard InChI is InChI=1S/C15H17N5O/c1-10-17-7-8-20(10)14-13(3-2-6-18-14)19-15(21)11-4-5-12(16)9-11/h2-8,11-12H,9,16H2,1H3,(H,19,21). The molecule has 6 nitrogen and oxygen atoms in total. The Morgan fingerprint density at radius 2 is 2.24 bits per heavy atom. The van der Waals surface area contributed by atoms with Crippen molar-refractivity contribution in [1.82, 2.24) is 14.5 Å². The Balaban J connectivity index is 1.85. The van der Waals surface area contributed by atoms with Gasteiger partial charge >= 0.3 is 0 Å². The fourth-order valence-electron chi connectivity index (χ4n) is 2.44. The van der Waals surface area contributed by atoms with Gasteiger partial charge in [0.2, 0.25) is 5.91 Å². The van der Waals surface area contributed by atoms with E-state index in [9.17, 15) is 4.79 Å². The third kappa shape index (κ3) is 2.71. The van der Waals surface area contributed by atoms with Crippen molar-refractivity contribution in [2.24, 2.45) is 11.7 Å². The number of hydrogen-bond acceptors (Lipinski definition) is 4. The first-order valence-electron chi connectivity index (χ1n) is 6.85. The maximum Gasteiger partial charge on any atom is 0.231 e. The lowest BCUT2D eigenvalue weighted by Crippen LogP contribution is -2.24. The van der Waals surface area contributed by atoms with Crippen LogP contribution in [0, 0.1) is 12.8 Å². The normalized spacial score (nSPS) is 20.7. The number of nitrogens with two attached hydrogens (primary N) is 1. The van der Waals surface area contributed by atoms with Crippen molar-refractivity contribution in [2.75, 3.05) is 5.32 Å². The predicted octanol–water partition coefficient (Wildman–Crippen LogP) is 1.42. The number of anilines is 1. The van der Waals surface area contributed by atoms with Gasteiger partial charge in [-0.25, -0.2) is 9.97 Å². The van der Waals surface area contributed by atoms with Crippen molar-refractivity contribution in [3.05, 3.63) is 48.7 Å². The van der Waals surface area contributed by atoms with E-state index in [0.29, 0.717) is 17.9 Å². The number of aryl methyl sites for hydroxylation is 1. The van der Waals surface area contributed by atoms with Gasteiger partial charge in [-0.1, -0.05) is 12.2 Å². The Labute approximate surface area is 122 Å². The highest BCUT2D eigenvalue weighted by Gasteiger charge is 2.23. The molecule has 3 N–H and O–H groups in total. The molecule has 3 rings (SSSR count). The van der Waals surface area contributed by atoms with Crippen LogP contribution in [0.4, 0.5) is 5.69 Å². The molecule has 0 aromatic carbocycles. The van der Waals surface area contributed by atoms with Crippen LogP contribution in [0.2, 0.25) is 0 Å². The summed E-state index contributed by atoms with van der Waals surface area (Å²) in [5, 5.41) is 2.93. The third-order valence-electron chi connectivity index (χ3n) is 3.55. The molecule has 0 aliphatic heterocycles. The van der Waals surface area contributed by atoms with E-state index >= 15 is 0 Å². The van der Waals surface area contributed by atoms with Gasteiger partial charge in [0.25, 0.3) is 0 Å². The van der Waals surface area contributed by atoms with Crippen molar-refractivity contribution in [3.8, 4) is 5.82 Å². The zero-order valence-electron chi connectivity index (χ0n) is 11.7. The van der Waals surface area contributed by atoms with Crippen LogP contribution in [0.3, 0.4) is 0 Å². The second kappa shape index (κ2) is 5.49. The van der Waals surface area contributed by atoms with Gasteiger partial charge in [-0.05, 0) is 25.5 Å². The van der Waals surface area contributed by atoms with Crippen molar-refractivity contribution >= 4 is 11.6 Å². The summed E-state index contributed by atoms with van der Waals surface area (Å²) in [5.41, 5.74) is 6.46. The van der Waals surface area contributed by atoms with Gasteiger partial charge in [-0.15, -0.1) is 0 Å². The highest BCUT2D eigenvalue weighted by atomic mass is 16.1. The molecule has 108 valence electrons. The molecule has 0 saturated carbocycles. The summed E-state index contributed by atoms with van der Waals surface area (Å²) in [6.07, 6.45) is 9.58. The molecule has 0 saturated heterocycles. The van der Waals surface area contributed by atoms with E-state index < -0.39 is 0 Å². The molecule has 2 aromatic rings. The fourth-order valence-corrected chi connectivity index (χ4v) is 2.44. The molecule has 0 radical (unpaired) electrons. The number of aromatic nitrogens is 3. The Kier molecular flexibility index (Phi) is 3.53. The first kappa shape index (κ1) is 13.5. The molecule has 2 heterocycles. The number of nitrogens with one attached hydrogen (secondary N) is 1. The molecular weight excluding hydrogens is 266 g/mol. The van der Waals surface area contributed by atoms with Crippen molar-refractivity contribution < 1.29 is 4.79 Å². The van der Waals surface area contributed by atoms with Gasteiger partial charge < -0.3 is 11.1 Å². The van der Waals surface area contributed by atoms with Crippen molar-refractivity contribution in [2.45, 2.75) is 19.4 Å². The Hall–Kier alpha value is -2.47. The van der Waals surface area contributed by atoms with Crippen LogP contribution in [0.5, 0.6) is 0 Å². The molecule has 2 unspecified atom stereocenters. The molecular formula is C15H17N5O. The third-order valence-corrected chi connectivity index (χ3v) is 3.55. The van der Waals surface area contributed by atoms with Gasteiger partial charge in [0.1, 0.15) is 5.82 Å². The Morgan fingerprint density at radius 1 is 1.38 bits per heavy atom. The lowest BCUT2D eigenvalue weighted by molar-refractivity contribution is -0.118. The quantitative estimate of drug-likeness (QED) is 0.834. The van der Waals surface area contributed by atoms with E-state index in [2.05, 4.69) is 15.3 Å². The van der Waals surface area contributed by atoms with Crippen molar-refractivity contribution in [1.29, 1.82) is 0 Å². The molecule has 0 spiro atoms. The number of hydrogen-bond donors (Lipinski definition) is 2. The average Bonchev–Trinajstić information content (AvgIpc) is 3.08. The van der Waals surface area contributed by atoms with Gasteiger partial charge in [0.05, 0.1) is 11.6 Å². The van der Waals surface area contributed by atoms with Gasteiger partial charge in [-0.3, -0.25) is 9.36 Å². The number of amides is 1. The molecule has 1 aliphatic carbocycles. The number of pyridine rings is 1. The highest BCUT2D eigenvalue weighted by molar-refractivity contribution is 5.95. The minimum atomic E-state index is -0.183. The molecule has 21 heavy (non-hydrogen) atoms. The smallest absolute Gasteiger partial charge is 0.231 e. The van der Waals surface area contributed by atoms with Gasteiger partial charge in [-0.2, -0.15) is 0 Å². The number of rotatable bonds is 3. The zero-order chi connectivity index (χ0) is 14.8. The highest BCUT2D eigenvalue weighted by Crippen LogP contribution is 2.22.